The fourth-order valence-corrected chi connectivity index (χ4v) is 4.32. The van der Waals surface area contributed by atoms with Crippen LogP contribution in [0.2, 0.25) is 5.02 Å². The third-order valence-electron chi connectivity index (χ3n) is 4.84. The van der Waals surface area contributed by atoms with Crippen molar-refractivity contribution in [2.75, 3.05) is 4.43 Å². The summed E-state index contributed by atoms with van der Waals surface area (Å²) in [6.45, 7) is 0.978. The van der Waals surface area contributed by atoms with Gasteiger partial charge < -0.3 is 0 Å². The molecule has 0 spiro atoms. The first kappa shape index (κ1) is 14.9. The third-order valence-corrected chi connectivity index (χ3v) is 6.47. The second-order valence-corrected chi connectivity index (χ2v) is 7.79. The van der Waals surface area contributed by atoms with Crippen LogP contribution >= 0.6 is 34.2 Å². The third kappa shape index (κ3) is 2.80. The minimum absolute atomic E-state index is 0.777. The number of aromatic nitrogens is 3. The molecule has 2 aliphatic rings. The van der Waals surface area contributed by atoms with Crippen LogP contribution in [0.1, 0.15) is 37.7 Å². The Morgan fingerprint density at radius 1 is 1.23 bits per heavy atom. The Labute approximate surface area is 149 Å². The summed E-state index contributed by atoms with van der Waals surface area (Å²) in [4.78, 5) is 0. The lowest BCUT2D eigenvalue weighted by Crippen LogP contribution is -2.06. The molecular weight excluding hydrogens is 409 g/mol. The lowest BCUT2D eigenvalue weighted by Gasteiger charge is -2.20. The predicted octanol–water partition coefficient (Wildman–Crippen LogP) is 5.11. The fourth-order valence-electron chi connectivity index (χ4n) is 3.21. The van der Waals surface area contributed by atoms with Gasteiger partial charge in [-0.25, -0.2) is 4.68 Å². The van der Waals surface area contributed by atoms with Crippen molar-refractivity contribution in [1.29, 1.82) is 0 Å². The largest absolute Gasteiger partial charge is 0.244 e. The van der Waals surface area contributed by atoms with Crippen molar-refractivity contribution in [2.45, 2.75) is 38.6 Å². The van der Waals surface area contributed by atoms with E-state index < -0.39 is 0 Å². The number of alkyl halides is 1. The summed E-state index contributed by atoms with van der Waals surface area (Å²) < 4.78 is 3.26. The molecule has 22 heavy (non-hydrogen) atoms. The van der Waals surface area contributed by atoms with Crippen LogP contribution in [0.5, 0.6) is 0 Å². The van der Waals surface area contributed by atoms with Crippen molar-refractivity contribution >= 4 is 50.8 Å². The zero-order chi connectivity index (χ0) is 15.1. The van der Waals surface area contributed by atoms with E-state index in [9.17, 15) is 0 Å². The molecule has 1 saturated carbocycles. The molecule has 1 aromatic carbocycles. The van der Waals surface area contributed by atoms with Gasteiger partial charge >= 0.3 is 0 Å². The maximum atomic E-state index is 6.65. The summed E-state index contributed by atoms with van der Waals surface area (Å²) in [6, 6.07) is 4.30. The van der Waals surface area contributed by atoms with Crippen molar-refractivity contribution in [3.8, 4) is 0 Å². The number of rotatable bonds is 4. The Morgan fingerprint density at radius 2 is 2.09 bits per heavy atom. The Kier molecular flexibility index (Phi) is 4.15. The molecule has 1 fully saturated rings. The normalized spacial score (nSPS) is 22.1. The molecule has 1 heterocycles. The van der Waals surface area contributed by atoms with E-state index in [0.717, 1.165) is 46.4 Å². The first-order chi connectivity index (χ1) is 10.8. The first-order valence-corrected chi connectivity index (χ1v) is 9.93. The van der Waals surface area contributed by atoms with Crippen molar-refractivity contribution < 1.29 is 0 Å². The zero-order valence-corrected chi connectivity index (χ0v) is 15.3. The molecule has 1 aromatic heterocycles. The van der Waals surface area contributed by atoms with Gasteiger partial charge in [-0.05, 0) is 61.1 Å². The standard InChI is InChI=1S/C17H19ClIN3/c18-16-14(13-5-3-11(9-19)4-6-13)7-8-15-17(16)20-21-22(15)10-12-1-2-12/h5,7-8,11-12H,1-4,6,9-10H2. The van der Waals surface area contributed by atoms with Gasteiger partial charge in [-0.15, -0.1) is 5.10 Å². The second-order valence-electron chi connectivity index (χ2n) is 6.53. The van der Waals surface area contributed by atoms with E-state index in [0.29, 0.717) is 0 Å². The average Bonchev–Trinajstić information content (AvgIpc) is 3.27. The van der Waals surface area contributed by atoms with Gasteiger partial charge in [0.2, 0.25) is 0 Å². The predicted molar refractivity (Wildman–Crippen MR) is 99.5 cm³/mol. The minimum Gasteiger partial charge on any atom is -0.244 e. The summed E-state index contributed by atoms with van der Waals surface area (Å²) in [5.41, 5.74) is 4.46. The van der Waals surface area contributed by atoms with Gasteiger partial charge in [-0.3, -0.25) is 0 Å². The summed E-state index contributed by atoms with van der Waals surface area (Å²) in [6.07, 6.45) is 8.55. The van der Waals surface area contributed by atoms with E-state index in [4.69, 9.17) is 11.6 Å². The summed E-state index contributed by atoms with van der Waals surface area (Å²) >= 11 is 9.14. The van der Waals surface area contributed by atoms with E-state index in [1.54, 1.807) is 0 Å². The Hall–Kier alpha value is -0.620. The van der Waals surface area contributed by atoms with Gasteiger partial charge in [0.15, 0.2) is 0 Å². The quantitative estimate of drug-likeness (QED) is 0.501. The molecular formula is C17H19ClIN3. The maximum Gasteiger partial charge on any atom is 0.132 e. The van der Waals surface area contributed by atoms with Crippen LogP contribution in [-0.2, 0) is 6.54 Å². The lowest BCUT2D eigenvalue weighted by atomic mass is 9.87. The van der Waals surface area contributed by atoms with Crippen molar-refractivity contribution in [2.24, 2.45) is 11.8 Å². The Balaban J connectivity index is 1.68. The molecule has 116 valence electrons. The Bertz CT molecular complexity index is 733. The highest BCUT2D eigenvalue weighted by molar-refractivity contribution is 14.1. The molecule has 2 aromatic rings. The Morgan fingerprint density at radius 3 is 2.77 bits per heavy atom. The van der Waals surface area contributed by atoms with Crippen LogP contribution in [0.25, 0.3) is 16.6 Å². The molecule has 1 unspecified atom stereocenters. The smallest absolute Gasteiger partial charge is 0.132 e. The maximum absolute atomic E-state index is 6.65. The number of halogens is 2. The molecule has 0 bridgehead atoms. The minimum atomic E-state index is 0.777. The molecule has 0 radical (unpaired) electrons. The molecule has 0 amide bonds. The van der Waals surface area contributed by atoms with Crippen LogP contribution in [-0.4, -0.2) is 19.4 Å². The molecule has 1 atom stereocenters. The van der Waals surface area contributed by atoms with Gasteiger partial charge in [-0.2, -0.15) is 0 Å². The summed E-state index contributed by atoms with van der Waals surface area (Å²) in [5.74, 6) is 1.61. The molecule has 0 saturated heterocycles. The molecule has 3 nitrogen and oxygen atoms in total. The van der Waals surface area contributed by atoms with Crippen molar-refractivity contribution in [3.63, 3.8) is 0 Å². The van der Waals surface area contributed by atoms with E-state index in [-0.39, 0.29) is 0 Å². The molecule has 2 aliphatic carbocycles. The number of nitrogens with zero attached hydrogens (tertiary/aromatic N) is 3. The summed E-state index contributed by atoms with van der Waals surface area (Å²) in [5, 5.41) is 9.42. The topological polar surface area (TPSA) is 30.7 Å². The van der Waals surface area contributed by atoms with Crippen LogP contribution in [0.3, 0.4) is 0 Å². The van der Waals surface area contributed by atoms with Gasteiger partial charge in [0.1, 0.15) is 5.52 Å². The highest BCUT2D eigenvalue weighted by atomic mass is 127. The first-order valence-electron chi connectivity index (χ1n) is 8.03. The van der Waals surface area contributed by atoms with Crippen molar-refractivity contribution in [3.05, 3.63) is 28.8 Å². The highest BCUT2D eigenvalue weighted by Crippen LogP contribution is 2.37. The van der Waals surface area contributed by atoms with Crippen LogP contribution in [0.4, 0.5) is 0 Å². The number of benzene rings is 1. The van der Waals surface area contributed by atoms with E-state index in [1.807, 2.05) is 4.68 Å². The molecule has 0 aliphatic heterocycles. The average molecular weight is 428 g/mol. The van der Waals surface area contributed by atoms with Gasteiger partial charge in [-0.1, -0.05) is 51.5 Å². The van der Waals surface area contributed by atoms with Gasteiger partial charge in [0, 0.05) is 11.0 Å². The molecule has 4 rings (SSSR count). The van der Waals surface area contributed by atoms with E-state index >= 15 is 0 Å². The number of fused-ring (bicyclic) bond motifs is 1. The number of hydrogen-bond acceptors (Lipinski definition) is 2. The molecule has 5 heteroatoms. The monoisotopic (exact) mass is 427 g/mol. The summed E-state index contributed by atoms with van der Waals surface area (Å²) in [7, 11) is 0. The SMILES string of the molecule is Clc1c(C2=CCC(CI)CC2)ccc2c1nnn2CC1CC1. The fraction of sp³-hybridized carbons (Fsp3) is 0.529. The van der Waals surface area contributed by atoms with Gasteiger partial charge in [0.05, 0.1) is 10.5 Å². The lowest BCUT2D eigenvalue weighted by molar-refractivity contribution is 0.550. The van der Waals surface area contributed by atoms with Crippen LogP contribution in [0, 0.1) is 11.8 Å². The number of hydrogen-bond donors (Lipinski definition) is 0. The van der Waals surface area contributed by atoms with Crippen LogP contribution in [0.15, 0.2) is 18.2 Å². The number of allylic oxidation sites excluding steroid dienone is 2. The molecule has 0 N–H and O–H groups in total. The highest BCUT2D eigenvalue weighted by Gasteiger charge is 2.24. The zero-order valence-electron chi connectivity index (χ0n) is 12.4. The van der Waals surface area contributed by atoms with Gasteiger partial charge in [0.25, 0.3) is 0 Å². The van der Waals surface area contributed by atoms with E-state index in [1.165, 1.54) is 35.7 Å². The second kappa shape index (κ2) is 6.11. The van der Waals surface area contributed by atoms with Crippen molar-refractivity contribution in [1.82, 2.24) is 15.0 Å². The van der Waals surface area contributed by atoms with E-state index in [2.05, 4.69) is 51.1 Å². The van der Waals surface area contributed by atoms with Crippen LogP contribution < -0.4 is 0 Å².